The van der Waals surface area contributed by atoms with Crippen LogP contribution in [-0.4, -0.2) is 11.0 Å². The molecule has 20 heavy (non-hydrogen) atoms. The molecular weight excluding hydrogens is 268 g/mol. The van der Waals surface area contributed by atoms with Gasteiger partial charge in [0, 0.05) is 24.2 Å². The van der Waals surface area contributed by atoms with Crippen molar-refractivity contribution in [3.63, 3.8) is 0 Å². The molecule has 1 aromatic heterocycles. The summed E-state index contributed by atoms with van der Waals surface area (Å²) in [4.78, 5) is 4.24. The fourth-order valence-corrected chi connectivity index (χ4v) is 2.68. The second-order valence-electron chi connectivity index (χ2n) is 5.31. The lowest BCUT2D eigenvalue weighted by Gasteiger charge is -2.14. The van der Waals surface area contributed by atoms with E-state index in [4.69, 9.17) is 4.74 Å². The standard InChI is InChI=1S/C16H22N2OS/c1-11(2)18-9-14-7-12(3)16(13(4)8-14)19-10-15-17-5-6-20-15/h5-8,11,18H,9-10H2,1-4H3. The zero-order chi connectivity index (χ0) is 14.5. The molecule has 0 fully saturated rings. The maximum Gasteiger partial charge on any atom is 0.140 e. The van der Waals surface area contributed by atoms with Crippen molar-refractivity contribution < 1.29 is 4.74 Å². The molecule has 0 aliphatic rings. The van der Waals surface area contributed by atoms with Gasteiger partial charge < -0.3 is 10.1 Å². The van der Waals surface area contributed by atoms with Crippen LogP contribution >= 0.6 is 11.3 Å². The SMILES string of the molecule is Cc1cc(CNC(C)C)cc(C)c1OCc1nccs1. The highest BCUT2D eigenvalue weighted by Crippen LogP contribution is 2.26. The average molecular weight is 290 g/mol. The molecule has 0 unspecified atom stereocenters. The topological polar surface area (TPSA) is 34.1 Å². The Morgan fingerprint density at radius 3 is 2.50 bits per heavy atom. The number of rotatable bonds is 6. The van der Waals surface area contributed by atoms with E-state index in [0.29, 0.717) is 12.6 Å². The van der Waals surface area contributed by atoms with E-state index < -0.39 is 0 Å². The molecule has 0 saturated carbocycles. The van der Waals surface area contributed by atoms with Crippen LogP contribution in [0.3, 0.4) is 0 Å². The van der Waals surface area contributed by atoms with Crippen molar-refractivity contribution in [2.24, 2.45) is 0 Å². The number of ether oxygens (including phenoxy) is 1. The molecule has 3 nitrogen and oxygen atoms in total. The van der Waals surface area contributed by atoms with Crippen LogP contribution in [0.25, 0.3) is 0 Å². The predicted molar refractivity (Wildman–Crippen MR) is 84.3 cm³/mol. The average Bonchev–Trinajstić information content (AvgIpc) is 2.88. The van der Waals surface area contributed by atoms with E-state index in [0.717, 1.165) is 17.3 Å². The molecule has 0 aliphatic heterocycles. The first-order chi connectivity index (χ1) is 9.56. The number of nitrogens with one attached hydrogen (secondary N) is 1. The molecule has 0 atom stereocenters. The number of aromatic nitrogens is 1. The lowest BCUT2D eigenvalue weighted by atomic mass is 10.1. The highest BCUT2D eigenvalue weighted by Gasteiger charge is 2.08. The third kappa shape index (κ3) is 4.05. The summed E-state index contributed by atoms with van der Waals surface area (Å²) >= 11 is 1.62. The number of nitrogens with zero attached hydrogens (tertiary/aromatic N) is 1. The fourth-order valence-electron chi connectivity index (χ4n) is 2.15. The summed E-state index contributed by atoms with van der Waals surface area (Å²) in [6.07, 6.45) is 1.81. The first-order valence-corrected chi connectivity index (χ1v) is 7.79. The Bertz CT molecular complexity index is 527. The van der Waals surface area contributed by atoms with Crippen LogP contribution in [0.5, 0.6) is 5.75 Å². The van der Waals surface area contributed by atoms with E-state index in [1.54, 1.807) is 11.3 Å². The van der Waals surface area contributed by atoms with Crippen molar-refractivity contribution in [3.05, 3.63) is 45.4 Å². The lowest BCUT2D eigenvalue weighted by Crippen LogP contribution is -2.21. The van der Waals surface area contributed by atoms with Crippen molar-refractivity contribution in [3.8, 4) is 5.75 Å². The predicted octanol–water partition coefficient (Wildman–Crippen LogP) is 3.84. The summed E-state index contributed by atoms with van der Waals surface area (Å²) in [6.45, 7) is 9.96. The van der Waals surface area contributed by atoms with Gasteiger partial charge >= 0.3 is 0 Å². The monoisotopic (exact) mass is 290 g/mol. The molecule has 1 heterocycles. The maximum absolute atomic E-state index is 5.92. The minimum Gasteiger partial charge on any atom is -0.486 e. The van der Waals surface area contributed by atoms with Crippen LogP contribution in [0.1, 0.15) is 35.5 Å². The number of hydrogen-bond acceptors (Lipinski definition) is 4. The Morgan fingerprint density at radius 1 is 1.25 bits per heavy atom. The summed E-state index contributed by atoms with van der Waals surface area (Å²) in [5.74, 6) is 0.980. The van der Waals surface area contributed by atoms with Crippen LogP contribution < -0.4 is 10.1 Å². The zero-order valence-corrected chi connectivity index (χ0v) is 13.4. The third-order valence-electron chi connectivity index (χ3n) is 3.06. The molecular formula is C16H22N2OS. The Balaban J connectivity index is 2.06. The van der Waals surface area contributed by atoms with Crippen molar-refractivity contribution in [2.75, 3.05) is 0 Å². The zero-order valence-electron chi connectivity index (χ0n) is 12.6. The van der Waals surface area contributed by atoms with Gasteiger partial charge in [0.05, 0.1) is 0 Å². The quantitative estimate of drug-likeness (QED) is 0.877. The smallest absolute Gasteiger partial charge is 0.140 e. The van der Waals surface area contributed by atoms with Crippen molar-refractivity contribution >= 4 is 11.3 Å². The fraction of sp³-hybridized carbons (Fsp3) is 0.438. The second kappa shape index (κ2) is 6.86. The van der Waals surface area contributed by atoms with Crippen LogP contribution in [0.15, 0.2) is 23.7 Å². The van der Waals surface area contributed by atoms with Crippen molar-refractivity contribution in [1.29, 1.82) is 0 Å². The molecule has 108 valence electrons. The Labute approximate surface area is 125 Å². The van der Waals surface area contributed by atoms with Crippen LogP contribution in [0.4, 0.5) is 0 Å². The molecule has 1 aromatic carbocycles. The largest absolute Gasteiger partial charge is 0.486 e. The summed E-state index contributed by atoms with van der Waals surface area (Å²) in [7, 11) is 0. The molecule has 0 spiro atoms. The molecule has 0 aliphatic carbocycles. The molecule has 0 bridgehead atoms. The Kier molecular flexibility index (Phi) is 5.15. The lowest BCUT2D eigenvalue weighted by molar-refractivity contribution is 0.301. The van der Waals surface area contributed by atoms with Gasteiger partial charge in [0.2, 0.25) is 0 Å². The normalized spacial score (nSPS) is 11.1. The molecule has 2 aromatic rings. The van der Waals surface area contributed by atoms with Gasteiger partial charge in [0.15, 0.2) is 0 Å². The van der Waals surface area contributed by atoms with E-state index >= 15 is 0 Å². The first-order valence-electron chi connectivity index (χ1n) is 6.91. The molecule has 0 amide bonds. The van der Waals surface area contributed by atoms with Crippen LogP contribution in [0, 0.1) is 13.8 Å². The number of aryl methyl sites for hydroxylation is 2. The highest BCUT2D eigenvalue weighted by molar-refractivity contribution is 7.09. The number of hydrogen-bond donors (Lipinski definition) is 1. The van der Waals surface area contributed by atoms with Crippen molar-refractivity contribution in [2.45, 2.75) is 46.9 Å². The highest BCUT2D eigenvalue weighted by atomic mass is 32.1. The molecule has 1 N–H and O–H groups in total. The van der Waals surface area contributed by atoms with E-state index in [-0.39, 0.29) is 0 Å². The van der Waals surface area contributed by atoms with E-state index in [1.807, 2.05) is 11.6 Å². The summed E-state index contributed by atoms with van der Waals surface area (Å²) in [5.41, 5.74) is 3.67. The Hall–Kier alpha value is -1.39. The van der Waals surface area contributed by atoms with Gasteiger partial charge in [-0.15, -0.1) is 11.3 Å². The first kappa shape index (κ1) is 15.0. The van der Waals surface area contributed by atoms with Gasteiger partial charge in [-0.25, -0.2) is 4.98 Å². The Morgan fingerprint density at radius 2 is 1.95 bits per heavy atom. The van der Waals surface area contributed by atoms with Gasteiger partial charge in [-0.1, -0.05) is 26.0 Å². The summed E-state index contributed by atoms with van der Waals surface area (Å²) in [6, 6.07) is 4.88. The third-order valence-corrected chi connectivity index (χ3v) is 3.81. The minimum atomic E-state index is 0.497. The van der Waals surface area contributed by atoms with Crippen LogP contribution in [-0.2, 0) is 13.2 Å². The number of thiazole rings is 1. The molecule has 2 rings (SSSR count). The van der Waals surface area contributed by atoms with Gasteiger partial charge in [-0.2, -0.15) is 0 Å². The molecule has 4 heteroatoms. The minimum absolute atomic E-state index is 0.497. The number of benzene rings is 1. The molecule has 0 saturated heterocycles. The van der Waals surface area contributed by atoms with Gasteiger partial charge in [0.25, 0.3) is 0 Å². The van der Waals surface area contributed by atoms with Crippen LogP contribution in [0.2, 0.25) is 0 Å². The summed E-state index contributed by atoms with van der Waals surface area (Å²) < 4.78 is 5.92. The van der Waals surface area contributed by atoms with E-state index in [9.17, 15) is 0 Å². The van der Waals surface area contributed by atoms with E-state index in [1.165, 1.54) is 16.7 Å². The second-order valence-corrected chi connectivity index (χ2v) is 6.29. The summed E-state index contributed by atoms with van der Waals surface area (Å²) in [5, 5.41) is 6.42. The van der Waals surface area contributed by atoms with Gasteiger partial charge in [0.1, 0.15) is 17.4 Å². The maximum atomic E-state index is 5.92. The van der Waals surface area contributed by atoms with Gasteiger partial charge in [-0.05, 0) is 30.5 Å². The molecule has 0 radical (unpaired) electrons. The van der Waals surface area contributed by atoms with E-state index in [2.05, 4.69) is 50.1 Å². The van der Waals surface area contributed by atoms with Gasteiger partial charge in [-0.3, -0.25) is 0 Å². The van der Waals surface area contributed by atoms with Crippen molar-refractivity contribution in [1.82, 2.24) is 10.3 Å².